The second-order valence-corrected chi connectivity index (χ2v) is 5.47. The number of Topliss-reactive ketones (excluding diaryl/α,β-unsaturated/α-hetero) is 1. The van der Waals surface area contributed by atoms with Crippen LogP contribution < -0.4 is 0 Å². The van der Waals surface area contributed by atoms with E-state index in [0.29, 0.717) is 24.5 Å². The van der Waals surface area contributed by atoms with Gasteiger partial charge in [0, 0.05) is 12.8 Å². The first-order chi connectivity index (χ1) is 6.23. The highest BCUT2D eigenvalue weighted by molar-refractivity contribution is 5.78. The van der Waals surface area contributed by atoms with Crippen LogP contribution in [-0.2, 0) is 4.79 Å². The number of carbonyl (C=O) groups excluding carboxylic acids is 1. The van der Waals surface area contributed by atoms with Gasteiger partial charge in [-0.05, 0) is 24.7 Å². The highest BCUT2D eigenvalue weighted by Crippen LogP contribution is 2.28. The molecule has 0 amide bonds. The lowest BCUT2D eigenvalue weighted by Gasteiger charge is -2.26. The maximum absolute atomic E-state index is 11.6. The number of hydrogen-bond acceptors (Lipinski definition) is 1. The average molecular weight is 196 g/mol. The zero-order chi connectivity index (χ0) is 11.4. The summed E-state index contributed by atoms with van der Waals surface area (Å²) in [5.41, 5.74) is 1.33. The minimum Gasteiger partial charge on any atom is -0.300 e. The van der Waals surface area contributed by atoms with E-state index in [1.165, 1.54) is 0 Å². The fourth-order valence-electron chi connectivity index (χ4n) is 1.10. The quantitative estimate of drug-likeness (QED) is 0.608. The summed E-state index contributed by atoms with van der Waals surface area (Å²) in [6, 6.07) is 0. The summed E-state index contributed by atoms with van der Waals surface area (Å²) in [5.74, 6) is 0.829. The molecule has 1 unspecified atom stereocenters. The molecule has 14 heavy (non-hydrogen) atoms. The molecule has 0 saturated carbocycles. The van der Waals surface area contributed by atoms with E-state index in [-0.39, 0.29) is 5.41 Å². The molecule has 0 aliphatic carbocycles. The van der Waals surface area contributed by atoms with E-state index < -0.39 is 0 Å². The molecular formula is C13H24O. The third kappa shape index (κ3) is 5.95. The molecule has 0 aromatic carbocycles. The van der Waals surface area contributed by atoms with Gasteiger partial charge in [0.15, 0.2) is 0 Å². The highest BCUT2D eigenvalue weighted by Gasteiger charge is 2.22. The molecule has 1 heteroatoms. The van der Waals surface area contributed by atoms with Gasteiger partial charge in [-0.3, -0.25) is 4.79 Å². The fourth-order valence-corrected chi connectivity index (χ4v) is 1.10. The normalized spacial score (nSPS) is 13.8. The van der Waals surface area contributed by atoms with Crippen molar-refractivity contribution in [2.75, 3.05) is 0 Å². The number of carbonyl (C=O) groups is 1. The molecule has 0 saturated heterocycles. The SMILES string of the molecule is C=C(C)CCC(=O)CC(C)C(C)(C)C. The predicted molar refractivity (Wildman–Crippen MR) is 62.3 cm³/mol. The van der Waals surface area contributed by atoms with Crippen molar-refractivity contribution < 1.29 is 4.79 Å². The monoisotopic (exact) mass is 196 g/mol. The lowest BCUT2D eigenvalue weighted by molar-refractivity contribution is -0.120. The minimum atomic E-state index is 0.235. The molecular weight excluding hydrogens is 172 g/mol. The van der Waals surface area contributed by atoms with Crippen LogP contribution in [0.4, 0.5) is 0 Å². The van der Waals surface area contributed by atoms with Crippen LogP contribution >= 0.6 is 0 Å². The van der Waals surface area contributed by atoms with Crippen molar-refractivity contribution in [1.29, 1.82) is 0 Å². The number of hydrogen-bond donors (Lipinski definition) is 0. The van der Waals surface area contributed by atoms with Gasteiger partial charge in [-0.2, -0.15) is 0 Å². The summed E-state index contributed by atoms with van der Waals surface area (Å²) >= 11 is 0. The second-order valence-electron chi connectivity index (χ2n) is 5.47. The van der Waals surface area contributed by atoms with Crippen molar-refractivity contribution in [2.45, 2.75) is 53.9 Å². The van der Waals surface area contributed by atoms with Gasteiger partial charge in [0.25, 0.3) is 0 Å². The van der Waals surface area contributed by atoms with Gasteiger partial charge in [-0.15, -0.1) is 6.58 Å². The minimum absolute atomic E-state index is 0.235. The lowest BCUT2D eigenvalue weighted by atomic mass is 9.79. The van der Waals surface area contributed by atoms with Crippen molar-refractivity contribution in [3.8, 4) is 0 Å². The third-order valence-corrected chi connectivity index (χ3v) is 2.84. The van der Waals surface area contributed by atoms with Crippen LogP contribution in [0.15, 0.2) is 12.2 Å². The van der Waals surface area contributed by atoms with Gasteiger partial charge < -0.3 is 0 Å². The Hall–Kier alpha value is -0.590. The van der Waals surface area contributed by atoms with Crippen LogP contribution in [0.1, 0.15) is 53.9 Å². The summed E-state index contributed by atoms with van der Waals surface area (Å²) in [6.45, 7) is 14.5. The van der Waals surface area contributed by atoms with E-state index in [4.69, 9.17) is 0 Å². The van der Waals surface area contributed by atoms with Crippen LogP contribution in [0.25, 0.3) is 0 Å². The number of allylic oxidation sites excluding steroid dienone is 1. The van der Waals surface area contributed by atoms with E-state index >= 15 is 0 Å². The molecule has 0 rings (SSSR count). The Morgan fingerprint density at radius 2 is 1.79 bits per heavy atom. The summed E-state index contributed by atoms with van der Waals surface area (Å²) in [6.07, 6.45) is 2.21. The molecule has 0 aromatic heterocycles. The average Bonchev–Trinajstić information content (AvgIpc) is 1.99. The van der Waals surface area contributed by atoms with Gasteiger partial charge in [0.05, 0.1) is 0 Å². The first-order valence-corrected chi connectivity index (χ1v) is 5.39. The predicted octanol–water partition coefficient (Wildman–Crippen LogP) is 3.98. The first kappa shape index (κ1) is 13.4. The van der Waals surface area contributed by atoms with Gasteiger partial charge in [-0.25, -0.2) is 0 Å². The molecule has 0 aliphatic rings. The molecule has 0 N–H and O–H groups in total. The lowest BCUT2D eigenvalue weighted by Crippen LogP contribution is -2.20. The second kappa shape index (κ2) is 5.33. The molecule has 1 nitrogen and oxygen atoms in total. The van der Waals surface area contributed by atoms with Crippen molar-refractivity contribution in [2.24, 2.45) is 11.3 Å². The Morgan fingerprint density at radius 3 is 2.14 bits per heavy atom. The molecule has 0 radical (unpaired) electrons. The Labute approximate surface area is 88.6 Å². The first-order valence-electron chi connectivity index (χ1n) is 5.39. The van der Waals surface area contributed by atoms with Crippen LogP contribution in [0, 0.1) is 11.3 Å². The number of ketones is 1. The summed E-state index contributed by atoms with van der Waals surface area (Å²) in [7, 11) is 0. The van der Waals surface area contributed by atoms with Crippen molar-refractivity contribution in [1.82, 2.24) is 0 Å². The van der Waals surface area contributed by atoms with Crippen molar-refractivity contribution >= 4 is 5.78 Å². The molecule has 0 fully saturated rings. The summed E-state index contributed by atoms with van der Waals surface area (Å²) in [4.78, 5) is 11.6. The maximum Gasteiger partial charge on any atom is 0.133 e. The molecule has 0 heterocycles. The van der Waals surface area contributed by atoms with Gasteiger partial charge in [-0.1, -0.05) is 33.3 Å². The van der Waals surface area contributed by atoms with Gasteiger partial charge in [0.1, 0.15) is 5.78 Å². The Morgan fingerprint density at radius 1 is 1.29 bits per heavy atom. The molecule has 82 valence electrons. The van der Waals surface area contributed by atoms with E-state index in [2.05, 4.69) is 34.3 Å². The smallest absolute Gasteiger partial charge is 0.133 e. The maximum atomic E-state index is 11.6. The van der Waals surface area contributed by atoms with E-state index in [0.717, 1.165) is 12.0 Å². The van der Waals surface area contributed by atoms with Gasteiger partial charge >= 0.3 is 0 Å². The van der Waals surface area contributed by atoms with Crippen LogP contribution in [0.2, 0.25) is 0 Å². The Kier molecular flexibility index (Phi) is 5.11. The van der Waals surface area contributed by atoms with Crippen LogP contribution in [0.3, 0.4) is 0 Å². The largest absolute Gasteiger partial charge is 0.300 e. The van der Waals surface area contributed by atoms with Crippen molar-refractivity contribution in [3.63, 3.8) is 0 Å². The fraction of sp³-hybridized carbons (Fsp3) is 0.769. The van der Waals surface area contributed by atoms with E-state index in [1.54, 1.807) is 0 Å². The Bertz CT molecular complexity index is 208. The highest BCUT2D eigenvalue weighted by atomic mass is 16.1. The topological polar surface area (TPSA) is 17.1 Å². The number of rotatable bonds is 5. The van der Waals surface area contributed by atoms with E-state index in [1.807, 2.05) is 6.92 Å². The van der Waals surface area contributed by atoms with E-state index in [9.17, 15) is 4.79 Å². The van der Waals surface area contributed by atoms with Gasteiger partial charge in [0.2, 0.25) is 0 Å². The molecule has 0 aromatic rings. The molecule has 0 aliphatic heterocycles. The Balaban J connectivity index is 3.89. The van der Waals surface area contributed by atoms with Crippen LogP contribution in [0.5, 0.6) is 0 Å². The zero-order valence-corrected chi connectivity index (χ0v) is 10.3. The molecule has 0 bridgehead atoms. The van der Waals surface area contributed by atoms with Crippen molar-refractivity contribution in [3.05, 3.63) is 12.2 Å². The summed E-state index contributed by atoms with van der Waals surface area (Å²) in [5, 5.41) is 0. The van der Waals surface area contributed by atoms with Crippen LogP contribution in [-0.4, -0.2) is 5.78 Å². The molecule has 1 atom stereocenters. The molecule has 0 spiro atoms. The summed E-state index contributed by atoms with van der Waals surface area (Å²) < 4.78 is 0. The standard InChI is InChI=1S/C13H24O/c1-10(2)7-8-12(14)9-11(3)13(4,5)6/h11H,1,7-9H2,2-6H3. The zero-order valence-electron chi connectivity index (χ0n) is 10.3. The third-order valence-electron chi connectivity index (χ3n) is 2.84.